The molecule has 1 atom stereocenters. The van der Waals surface area contributed by atoms with Crippen LogP contribution in [0.15, 0.2) is 18.2 Å². The van der Waals surface area contributed by atoms with Crippen LogP contribution in [-0.2, 0) is 0 Å². The van der Waals surface area contributed by atoms with Gasteiger partial charge in [0.1, 0.15) is 5.75 Å². The zero-order chi connectivity index (χ0) is 12.8. The molecule has 3 nitrogen and oxygen atoms in total. The Morgan fingerprint density at radius 3 is 2.82 bits per heavy atom. The maximum Gasteiger partial charge on any atom is 0.196 e. The lowest BCUT2D eigenvalue weighted by molar-refractivity contribution is 0.398. The summed E-state index contributed by atoms with van der Waals surface area (Å²) in [5.74, 6) is 1.28. The second-order valence-corrected chi connectivity index (χ2v) is 4.24. The van der Waals surface area contributed by atoms with E-state index in [1.807, 2.05) is 18.2 Å². The summed E-state index contributed by atoms with van der Waals surface area (Å²) < 4.78 is 5.22. The van der Waals surface area contributed by atoms with Crippen molar-refractivity contribution < 1.29 is 9.84 Å². The molecular formula is C14H21NO2. The smallest absolute Gasteiger partial charge is 0.196 e. The number of benzene rings is 1. The fourth-order valence-corrected chi connectivity index (χ4v) is 1.52. The molecule has 0 aliphatic heterocycles. The highest BCUT2D eigenvalue weighted by atomic mass is 16.5. The van der Waals surface area contributed by atoms with Crippen molar-refractivity contribution in [2.45, 2.75) is 20.3 Å². The van der Waals surface area contributed by atoms with E-state index in [0.717, 1.165) is 18.2 Å². The average molecular weight is 235 g/mol. The molecule has 3 heteroatoms. The Hall–Kier alpha value is -1.64. The second kappa shape index (κ2) is 6.18. The van der Waals surface area contributed by atoms with E-state index in [0.29, 0.717) is 16.9 Å². The van der Waals surface area contributed by atoms with Crippen LogP contribution in [-0.4, -0.2) is 18.8 Å². The van der Waals surface area contributed by atoms with E-state index in [-0.39, 0.29) is 5.88 Å². The lowest BCUT2D eigenvalue weighted by Crippen LogP contribution is -2.33. The van der Waals surface area contributed by atoms with Gasteiger partial charge in [-0.3, -0.25) is 0 Å². The van der Waals surface area contributed by atoms with Crippen LogP contribution in [0, 0.1) is 5.92 Å². The van der Waals surface area contributed by atoms with Crippen molar-refractivity contribution in [2.75, 3.05) is 13.7 Å². The van der Waals surface area contributed by atoms with Gasteiger partial charge in [-0.05, 0) is 17.2 Å². The Balaban J connectivity index is 3.07. The number of nitrogens with one attached hydrogen (secondary N) is 1. The summed E-state index contributed by atoms with van der Waals surface area (Å²) in [6.07, 6.45) is 1.07. The average Bonchev–Trinajstić information content (AvgIpc) is 2.34. The predicted octanol–water partition coefficient (Wildman–Crippen LogP) is 1.36. The Labute approximate surface area is 102 Å². The highest BCUT2D eigenvalue weighted by Crippen LogP contribution is 2.01. The van der Waals surface area contributed by atoms with Gasteiger partial charge in [0.25, 0.3) is 0 Å². The molecular weight excluding hydrogens is 214 g/mol. The van der Waals surface area contributed by atoms with Crippen LogP contribution in [0.1, 0.15) is 20.3 Å². The monoisotopic (exact) mass is 235 g/mol. The van der Waals surface area contributed by atoms with E-state index in [2.05, 4.69) is 25.7 Å². The molecule has 0 radical (unpaired) electrons. The maximum atomic E-state index is 10.0. The van der Waals surface area contributed by atoms with E-state index in [4.69, 9.17) is 4.74 Å². The fourth-order valence-electron chi connectivity index (χ4n) is 1.52. The molecule has 0 spiro atoms. The highest BCUT2D eigenvalue weighted by Gasteiger charge is 2.04. The Kier molecular flexibility index (Phi) is 4.88. The van der Waals surface area contributed by atoms with Crippen LogP contribution in [0.3, 0.4) is 0 Å². The number of hydrogen-bond acceptors (Lipinski definition) is 3. The van der Waals surface area contributed by atoms with Gasteiger partial charge in [0.15, 0.2) is 5.88 Å². The SMILES string of the molecule is C=c1cccc(OC)/c1=C(\O)NCC(C)CC. The predicted molar refractivity (Wildman–Crippen MR) is 71.3 cm³/mol. The summed E-state index contributed by atoms with van der Waals surface area (Å²) in [6, 6.07) is 5.51. The Morgan fingerprint density at radius 2 is 2.24 bits per heavy atom. The van der Waals surface area contributed by atoms with Crippen LogP contribution < -0.4 is 20.5 Å². The molecule has 17 heavy (non-hydrogen) atoms. The van der Waals surface area contributed by atoms with Crippen molar-refractivity contribution in [2.24, 2.45) is 5.92 Å². The van der Waals surface area contributed by atoms with Crippen LogP contribution in [0.4, 0.5) is 0 Å². The molecule has 0 fully saturated rings. The molecule has 0 saturated carbocycles. The van der Waals surface area contributed by atoms with Crippen LogP contribution in [0.25, 0.3) is 12.5 Å². The minimum absolute atomic E-state index is 0.132. The highest BCUT2D eigenvalue weighted by molar-refractivity contribution is 5.41. The number of aliphatic hydroxyl groups excluding tert-OH is 1. The minimum atomic E-state index is 0.132. The Bertz CT molecular complexity index is 468. The van der Waals surface area contributed by atoms with Crippen LogP contribution in [0.2, 0.25) is 0 Å². The molecule has 1 aromatic carbocycles. The summed E-state index contributed by atoms with van der Waals surface area (Å²) in [7, 11) is 1.58. The lowest BCUT2D eigenvalue weighted by Gasteiger charge is -2.11. The topological polar surface area (TPSA) is 41.5 Å². The zero-order valence-electron chi connectivity index (χ0n) is 10.8. The van der Waals surface area contributed by atoms with Gasteiger partial charge in [0.2, 0.25) is 0 Å². The normalized spacial score (nSPS) is 14.1. The van der Waals surface area contributed by atoms with E-state index in [1.165, 1.54) is 0 Å². The van der Waals surface area contributed by atoms with Gasteiger partial charge < -0.3 is 15.2 Å². The van der Waals surface area contributed by atoms with Gasteiger partial charge in [-0.25, -0.2) is 0 Å². The molecule has 0 aliphatic carbocycles. The molecule has 0 saturated heterocycles. The summed E-state index contributed by atoms with van der Waals surface area (Å²) in [5, 5.41) is 14.4. The summed E-state index contributed by atoms with van der Waals surface area (Å²) in [5.41, 5.74) is 0. The third-order valence-electron chi connectivity index (χ3n) is 2.88. The van der Waals surface area contributed by atoms with Gasteiger partial charge in [0.05, 0.1) is 12.3 Å². The number of aliphatic hydroxyl groups is 1. The first-order valence-corrected chi connectivity index (χ1v) is 5.89. The van der Waals surface area contributed by atoms with Crippen LogP contribution >= 0.6 is 0 Å². The first-order chi connectivity index (χ1) is 8.10. The van der Waals surface area contributed by atoms with Crippen molar-refractivity contribution >= 4 is 12.5 Å². The van der Waals surface area contributed by atoms with Gasteiger partial charge in [-0.1, -0.05) is 39.0 Å². The number of hydrogen-bond donors (Lipinski definition) is 2. The van der Waals surface area contributed by atoms with E-state index >= 15 is 0 Å². The van der Waals surface area contributed by atoms with E-state index < -0.39 is 0 Å². The minimum Gasteiger partial charge on any atom is -0.496 e. The summed E-state index contributed by atoms with van der Waals surface area (Å²) in [4.78, 5) is 0. The standard InChI is InChI=1S/C14H21NO2/c1-5-10(2)9-15-14(16)13-11(3)7-6-8-12(13)17-4/h6-8,10,15-16H,3,5,9H2,1-2,4H3/b14-13-. The van der Waals surface area contributed by atoms with Crippen molar-refractivity contribution in [1.29, 1.82) is 0 Å². The molecule has 0 aliphatic rings. The van der Waals surface area contributed by atoms with Gasteiger partial charge in [0, 0.05) is 6.54 Å². The lowest BCUT2D eigenvalue weighted by atomic mass is 10.1. The largest absolute Gasteiger partial charge is 0.496 e. The van der Waals surface area contributed by atoms with E-state index in [9.17, 15) is 5.11 Å². The van der Waals surface area contributed by atoms with Gasteiger partial charge in [-0.2, -0.15) is 0 Å². The first kappa shape index (κ1) is 13.4. The number of ether oxygens (including phenoxy) is 1. The molecule has 1 aromatic rings. The molecule has 0 heterocycles. The quantitative estimate of drug-likeness (QED) is 0.810. The number of methoxy groups -OCH3 is 1. The Morgan fingerprint density at radius 1 is 1.53 bits per heavy atom. The molecule has 0 aromatic heterocycles. The van der Waals surface area contributed by atoms with Crippen LogP contribution in [0.5, 0.6) is 5.75 Å². The molecule has 0 amide bonds. The second-order valence-electron chi connectivity index (χ2n) is 4.24. The molecule has 1 rings (SSSR count). The van der Waals surface area contributed by atoms with Crippen molar-refractivity contribution in [3.8, 4) is 5.75 Å². The van der Waals surface area contributed by atoms with Crippen molar-refractivity contribution in [3.05, 3.63) is 28.6 Å². The van der Waals surface area contributed by atoms with Gasteiger partial charge in [-0.15, -0.1) is 0 Å². The molecule has 0 bridgehead atoms. The fraction of sp³-hybridized carbons (Fsp3) is 0.429. The summed E-state index contributed by atoms with van der Waals surface area (Å²) >= 11 is 0. The summed E-state index contributed by atoms with van der Waals surface area (Å²) in [6.45, 7) is 8.89. The molecule has 94 valence electrons. The van der Waals surface area contributed by atoms with E-state index in [1.54, 1.807) is 7.11 Å². The van der Waals surface area contributed by atoms with Crippen molar-refractivity contribution in [3.63, 3.8) is 0 Å². The molecule has 2 N–H and O–H groups in total. The zero-order valence-corrected chi connectivity index (χ0v) is 10.8. The third kappa shape index (κ3) is 3.41. The third-order valence-corrected chi connectivity index (χ3v) is 2.88. The van der Waals surface area contributed by atoms with Gasteiger partial charge >= 0.3 is 0 Å². The van der Waals surface area contributed by atoms with Crippen molar-refractivity contribution in [1.82, 2.24) is 5.32 Å². The number of rotatable bonds is 5. The first-order valence-electron chi connectivity index (χ1n) is 5.89. The maximum absolute atomic E-state index is 10.0. The molecule has 1 unspecified atom stereocenters.